The summed E-state index contributed by atoms with van der Waals surface area (Å²) in [4.78, 5) is 22.2. The summed E-state index contributed by atoms with van der Waals surface area (Å²) in [6, 6.07) is 0. The summed E-state index contributed by atoms with van der Waals surface area (Å²) in [6.45, 7) is 2.09. The van der Waals surface area contributed by atoms with Crippen LogP contribution in [0.3, 0.4) is 0 Å². The molecule has 5 nitrogen and oxygen atoms in total. The third-order valence-corrected chi connectivity index (χ3v) is 6.38. The summed E-state index contributed by atoms with van der Waals surface area (Å²) in [5, 5.41) is 0. The van der Waals surface area contributed by atoms with Crippen molar-refractivity contribution >= 4 is 11.9 Å². The van der Waals surface area contributed by atoms with Crippen molar-refractivity contribution in [3.05, 3.63) is 0 Å². The first-order chi connectivity index (χ1) is 9.53. The standard InChI is InChI=1S/C15H20O5/c1-8(16)19-5-11-9-3-14-7-15(14,4-10(11)13(9)14)20-6-12(17)18-2/h9-11,13H,3-7H2,1-2H3. The second-order valence-corrected chi connectivity index (χ2v) is 6.92. The van der Waals surface area contributed by atoms with Gasteiger partial charge in [-0.3, -0.25) is 4.79 Å². The van der Waals surface area contributed by atoms with Gasteiger partial charge in [0.25, 0.3) is 0 Å². The van der Waals surface area contributed by atoms with E-state index < -0.39 is 0 Å². The molecule has 1 spiro atoms. The van der Waals surface area contributed by atoms with Crippen molar-refractivity contribution in [2.24, 2.45) is 29.1 Å². The van der Waals surface area contributed by atoms with Gasteiger partial charge < -0.3 is 14.2 Å². The lowest BCUT2D eigenvalue weighted by Crippen LogP contribution is -2.58. The average molecular weight is 280 g/mol. The maximum Gasteiger partial charge on any atom is 0.331 e. The Morgan fingerprint density at radius 2 is 2.00 bits per heavy atom. The molecule has 4 fully saturated rings. The molecule has 0 aromatic carbocycles. The van der Waals surface area contributed by atoms with Crippen molar-refractivity contribution in [1.82, 2.24) is 0 Å². The molecular weight excluding hydrogens is 260 g/mol. The van der Waals surface area contributed by atoms with Crippen molar-refractivity contribution in [3.8, 4) is 0 Å². The van der Waals surface area contributed by atoms with Gasteiger partial charge in [0, 0.05) is 12.3 Å². The van der Waals surface area contributed by atoms with Crippen LogP contribution >= 0.6 is 0 Å². The molecule has 20 heavy (non-hydrogen) atoms. The second kappa shape index (κ2) is 3.75. The molecule has 0 aromatic rings. The molecule has 5 heteroatoms. The lowest BCUT2D eigenvalue weighted by Gasteiger charge is -2.61. The number of hydrogen-bond acceptors (Lipinski definition) is 5. The lowest BCUT2D eigenvalue weighted by molar-refractivity contribution is -0.176. The zero-order valence-electron chi connectivity index (χ0n) is 11.9. The van der Waals surface area contributed by atoms with Crippen molar-refractivity contribution in [2.45, 2.75) is 31.8 Å². The van der Waals surface area contributed by atoms with Crippen molar-refractivity contribution in [3.63, 3.8) is 0 Å². The number of ether oxygens (including phenoxy) is 3. The molecule has 4 saturated carbocycles. The van der Waals surface area contributed by atoms with Gasteiger partial charge in [0.2, 0.25) is 0 Å². The molecule has 0 N–H and O–H groups in total. The minimum atomic E-state index is -0.298. The van der Waals surface area contributed by atoms with Gasteiger partial charge in [-0.25, -0.2) is 4.79 Å². The van der Waals surface area contributed by atoms with Crippen LogP contribution in [0.2, 0.25) is 0 Å². The van der Waals surface area contributed by atoms with E-state index in [1.54, 1.807) is 0 Å². The Balaban J connectivity index is 1.39. The van der Waals surface area contributed by atoms with E-state index in [1.165, 1.54) is 20.5 Å². The van der Waals surface area contributed by atoms with Crippen LogP contribution in [0.15, 0.2) is 0 Å². The minimum Gasteiger partial charge on any atom is -0.467 e. The minimum absolute atomic E-state index is 0.0664. The molecular formula is C15H20O5. The van der Waals surface area contributed by atoms with E-state index in [1.807, 2.05) is 0 Å². The largest absolute Gasteiger partial charge is 0.467 e. The molecule has 0 saturated heterocycles. The Bertz CT molecular complexity index is 489. The van der Waals surface area contributed by atoms with E-state index in [0.717, 1.165) is 18.8 Å². The zero-order chi connectivity index (χ0) is 14.1. The van der Waals surface area contributed by atoms with Gasteiger partial charge in [-0.15, -0.1) is 0 Å². The van der Waals surface area contributed by atoms with E-state index in [9.17, 15) is 9.59 Å². The van der Waals surface area contributed by atoms with Crippen LogP contribution < -0.4 is 0 Å². The summed E-state index contributed by atoms with van der Waals surface area (Å²) in [5.41, 5.74) is 0.279. The molecule has 0 bridgehead atoms. The second-order valence-electron chi connectivity index (χ2n) is 6.92. The predicted octanol–water partition coefficient (Wildman–Crippen LogP) is 1.15. The van der Waals surface area contributed by atoms with Gasteiger partial charge in [0.15, 0.2) is 0 Å². The fraction of sp³-hybridized carbons (Fsp3) is 0.867. The Hall–Kier alpha value is -1.10. The third-order valence-electron chi connectivity index (χ3n) is 6.38. The number of carbonyl (C=O) groups excluding carboxylic acids is 2. The van der Waals surface area contributed by atoms with Crippen LogP contribution in [-0.4, -0.2) is 37.9 Å². The Kier molecular flexibility index (Phi) is 2.37. The molecule has 4 aliphatic carbocycles. The van der Waals surface area contributed by atoms with Crippen LogP contribution in [0.4, 0.5) is 0 Å². The van der Waals surface area contributed by atoms with Gasteiger partial charge in [-0.05, 0) is 42.9 Å². The zero-order valence-corrected chi connectivity index (χ0v) is 11.9. The van der Waals surface area contributed by atoms with E-state index in [0.29, 0.717) is 29.8 Å². The van der Waals surface area contributed by atoms with Crippen LogP contribution in [0.1, 0.15) is 26.2 Å². The number of carbonyl (C=O) groups is 2. The number of rotatable bonds is 5. The van der Waals surface area contributed by atoms with E-state index in [-0.39, 0.29) is 24.1 Å². The summed E-state index contributed by atoms with van der Waals surface area (Å²) >= 11 is 0. The van der Waals surface area contributed by atoms with Gasteiger partial charge in [-0.1, -0.05) is 0 Å². The molecule has 6 unspecified atom stereocenters. The summed E-state index contributed by atoms with van der Waals surface area (Å²) < 4.78 is 15.8. The Morgan fingerprint density at radius 1 is 1.25 bits per heavy atom. The first-order valence-electron chi connectivity index (χ1n) is 7.37. The summed E-state index contributed by atoms with van der Waals surface area (Å²) in [7, 11) is 1.39. The highest BCUT2D eigenvalue weighted by atomic mass is 16.6. The van der Waals surface area contributed by atoms with Gasteiger partial charge in [-0.2, -0.15) is 0 Å². The van der Waals surface area contributed by atoms with Crippen LogP contribution in [0.5, 0.6) is 0 Å². The molecule has 110 valence electrons. The number of hydrogen-bond donors (Lipinski definition) is 0. The molecule has 0 aliphatic heterocycles. The Labute approximate surface area is 117 Å². The fourth-order valence-corrected chi connectivity index (χ4v) is 5.57. The molecule has 0 radical (unpaired) electrons. The monoisotopic (exact) mass is 280 g/mol. The molecule has 6 atom stereocenters. The summed E-state index contributed by atoms with van der Waals surface area (Å²) in [5.74, 6) is 2.11. The lowest BCUT2D eigenvalue weighted by atomic mass is 9.43. The molecule has 0 amide bonds. The smallest absolute Gasteiger partial charge is 0.331 e. The van der Waals surface area contributed by atoms with Gasteiger partial charge >= 0.3 is 11.9 Å². The molecule has 0 heterocycles. The average Bonchev–Trinajstić information content (AvgIpc) is 3.01. The van der Waals surface area contributed by atoms with Crippen LogP contribution in [-0.2, 0) is 23.8 Å². The highest BCUT2D eigenvalue weighted by Crippen LogP contribution is 2.89. The quantitative estimate of drug-likeness (QED) is 0.707. The van der Waals surface area contributed by atoms with Crippen molar-refractivity contribution in [1.29, 1.82) is 0 Å². The Morgan fingerprint density at radius 3 is 2.70 bits per heavy atom. The van der Waals surface area contributed by atoms with Crippen LogP contribution in [0, 0.1) is 29.1 Å². The number of esters is 2. The van der Waals surface area contributed by atoms with Gasteiger partial charge in [0.1, 0.15) is 6.61 Å². The molecule has 4 rings (SSSR count). The van der Waals surface area contributed by atoms with E-state index >= 15 is 0 Å². The summed E-state index contributed by atoms with van der Waals surface area (Å²) in [6.07, 6.45) is 3.31. The van der Waals surface area contributed by atoms with Crippen molar-refractivity contribution < 1.29 is 23.8 Å². The fourth-order valence-electron chi connectivity index (χ4n) is 5.57. The molecule has 0 aromatic heterocycles. The number of methoxy groups -OCH3 is 1. The predicted molar refractivity (Wildman–Crippen MR) is 67.6 cm³/mol. The van der Waals surface area contributed by atoms with Crippen molar-refractivity contribution in [2.75, 3.05) is 20.3 Å². The first-order valence-corrected chi connectivity index (χ1v) is 7.37. The van der Waals surface area contributed by atoms with E-state index in [4.69, 9.17) is 9.47 Å². The van der Waals surface area contributed by atoms with E-state index in [2.05, 4.69) is 4.74 Å². The maximum absolute atomic E-state index is 11.3. The maximum atomic E-state index is 11.3. The highest BCUT2D eigenvalue weighted by Gasteiger charge is 2.89. The first kappa shape index (κ1) is 12.6. The SMILES string of the molecule is COC(=O)COC12CC3C(COC(C)=O)C4CC1(C2)C34. The topological polar surface area (TPSA) is 61.8 Å². The van der Waals surface area contributed by atoms with Gasteiger partial charge in [0.05, 0.1) is 19.3 Å². The van der Waals surface area contributed by atoms with Crippen LogP contribution in [0.25, 0.3) is 0 Å². The third kappa shape index (κ3) is 1.32. The normalized spacial score (nSPS) is 49.3. The molecule has 4 aliphatic rings. The highest BCUT2D eigenvalue weighted by molar-refractivity contribution is 5.70.